The predicted molar refractivity (Wildman–Crippen MR) is 145 cm³/mol. The van der Waals surface area contributed by atoms with Gasteiger partial charge in [-0.15, -0.1) is 0 Å². The van der Waals surface area contributed by atoms with Crippen molar-refractivity contribution < 1.29 is 14.2 Å². The summed E-state index contributed by atoms with van der Waals surface area (Å²) in [6.07, 6.45) is 0.966. The molecule has 0 radical (unpaired) electrons. The maximum Gasteiger partial charge on any atom is 0.139 e. The Morgan fingerprint density at radius 3 is 2.54 bits per heavy atom. The first-order valence-corrected chi connectivity index (χ1v) is 16.3. The number of hydrogen-bond acceptors (Lipinski definition) is 5. The first-order chi connectivity index (χ1) is 16.7. The van der Waals surface area contributed by atoms with Gasteiger partial charge in [-0.25, -0.2) is 4.68 Å². The van der Waals surface area contributed by atoms with E-state index in [4.69, 9.17) is 30.9 Å². The molecule has 0 bridgehead atoms. The third-order valence-electron chi connectivity index (χ3n) is 5.97. The summed E-state index contributed by atoms with van der Waals surface area (Å²) in [4.78, 5) is 2.17. The molecule has 0 saturated heterocycles. The molecule has 8 heteroatoms. The molecule has 1 aliphatic heterocycles. The van der Waals surface area contributed by atoms with Gasteiger partial charge in [0.2, 0.25) is 0 Å². The average molecular weight is 514 g/mol. The van der Waals surface area contributed by atoms with Crippen LogP contribution in [0.5, 0.6) is 11.5 Å². The summed E-state index contributed by atoms with van der Waals surface area (Å²) in [6.45, 7) is 10.3. The van der Waals surface area contributed by atoms with E-state index in [-0.39, 0.29) is 0 Å². The Kier molecular flexibility index (Phi) is 8.34. The molecule has 0 unspecified atom stereocenters. The summed E-state index contributed by atoms with van der Waals surface area (Å²) in [5, 5.41) is 5.67. The Balaban J connectivity index is 1.72. The molecule has 4 rings (SSSR count). The summed E-state index contributed by atoms with van der Waals surface area (Å²) >= 11 is 6.40. The highest BCUT2D eigenvalue weighted by atomic mass is 35.5. The molecular weight excluding hydrogens is 478 g/mol. The number of para-hydroxylation sites is 1. The van der Waals surface area contributed by atoms with E-state index in [1.807, 2.05) is 41.1 Å². The van der Waals surface area contributed by atoms with Crippen molar-refractivity contribution in [3.63, 3.8) is 0 Å². The molecule has 1 aliphatic rings. The SMILES string of the molecule is CN(C)CCCOCc1c2c(nn1COCC[Si](C)(C)C)-c1cc(Cl)ccc1Oc1ccccc1-2. The number of aromatic nitrogens is 2. The largest absolute Gasteiger partial charge is 0.456 e. The van der Waals surface area contributed by atoms with Gasteiger partial charge < -0.3 is 19.1 Å². The second-order valence-corrected chi connectivity index (χ2v) is 16.5. The van der Waals surface area contributed by atoms with Crippen LogP contribution in [-0.4, -0.2) is 56.6 Å². The van der Waals surface area contributed by atoms with Crippen molar-refractivity contribution >= 4 is 19.7 Å². The van der Waals surface area contributed by atoms with Gasteiger partial charge >= 0.3 is 0 Å². The molecule has 0 aliphatic carbocycles. The first kappa shape index (κ1) is 25.9. The normalized spacial score (nSPS) is 12.7. The number of hydrogen-bond donors (Lipinski definition) is 0. The van der Waals surface area contributed by atoms with Gasteiger partial charge in [0.15, 0.2) is 0 Å². The van der Waals surface area contributed by atoms with E-state index < -0.39 is 8.07 Å². The molecule has 0 amide bonds. The van der Waals surface area contributed by atoms with Crippen LogP contribution in [0.3, 0.4) is 0 Å². The molecule has 0 N–H and O–H groups in total. The highest BCUT2D eigenvalue weighted by Gasteiger charge is 2.28. The smallest absolute Gasteiger partial charge is 0.139 e. The third kappa shape index (κ3) is 6.54. The van der Waals surface area contributed by atoms with Crippen LogP contribution in [0.25, 0.3) is 22.4 Å². The molecule has 0 atom stereocenters. The summed E-state index contributed by atoms with van der Waals surface area (Å²) in [5.41, 5.74) is 4.71. The van der Waals surface area contributed by atoms with E-state index >= 15 is 0 Å². The van der Waals surface area contributed by atoms with Crippen LogP contribution >= 0.6 is 11.6 Å². The van der Waals surface area contributed by atoms with Crippen molar-refractivity contribution in [2.24, 2.45) is 0 Å². The molecule has 2 aromatic carbocycles. The van der Waals surface area contributed by atoms with Crippen LogP contribution in [0.4, 0.5) is 0 Å². The van der Waals surface area contributed by atoms with Crippen molar-refractivity contribution in [3.8, 4) is 33.9 Å². The molecule has 6 nitrogen and oxygen atoms in total. The van der Waals surface area contributed by atoms with E-state index in [2.05, 4.69) is 44.7 Å². The molecule has 3 aromatic rings. The molecule has 0 fully saturated rings. The van der Waals surface area contributed by atoms with Gasteiger partial charge in [0.25, 0.3) is 0 Å². The number of nitrogens with zero attached hydrogens (tertiary/aromatic N) is 3. The van der Waals surface area contributed by atoms with Gasteiger partial charge in [-0.1, -0.05) is 49.4 Å². The van der Waals surface area contributed by atoms with Crippen molar-refractivity contribution in [2.75, 3.05) is 33.9 Å². The minimum absolute atomic E-state index is 0.382. The third-order valence-corrected chi connectivity index (χ3v) is 7.91. The zero-order chi connectivity index (χ0) is 25.0. The number of halogens is 1. The molecular formula is C27H36ClN3O3Si. The second-order valence-electron chi connectivity index (χ2n) is 10.5. The highest BCUT2D eigenvalue weighted by molar-refractivity contribution is 6.76. The minimum Gasteiger partial charge on any atom is -0.456 e. The monoisotopic (exact) mass is 513 g/mol. The zero-order valence-electron chi connectivity index (χ0n) is 21.4. The van der Waals surface area contributed by atoms with E-state index in [0.29, 0.717) is 25.0 Å². The molecule has 188 valence electrons. The fourth-order valence-corrected chi connectivity index (χ4v) is 4.99. The number of ether oxygens (including phenoxy) is 3. The topological polar surface area (TPSA) is 48.8 Å². The van der Waals surface area contributed by atoms with Crippen molar-refractivity contribution in [2.45, 2.75) is 45.4 Å². The van der Waals surface area contributed by atoms with E-state index in [9.17, 15) is 0 Å². The average Bonchev–Trinajstić information content (AvgIpc) is 3.08. The molecule has 1 aromatic heterocycles. The van der Waals surface area contributed by atoms with Crippen LogP contribution in [0.2, 0.25) is 30.7 Å². The van der Waals surface area contributed by atoms with Crippen molar-refractivity contribution in [3.05, 3.63) is 53.2 Å². The number of fused-ring (bicyclic) bond motifs is 5. The Labute approximate surface area is 214 Å². The van der Waals surface area contributed by atoms with Gasteiger partial charge in [-0.05, 0) is 57.4 Å². The standard InChI is InChI=1S/C27H36ClN3O3Si/c1-30(2)13-8-14-32-18-23-26-21-9-6-7-10-24(21)34-25-12-11-20(28)17-22(25)27(26)29-31(23)19-33-15-16-35(3,4)5/h6-7,9-12,17H,8,13-16,18-19H2,1-5H3. The van der Waals surface area contributed by atoms with Gasteiger partial charge in [-0.3, -0.25) is 0 Å². The Bertz CT molecular complexity index is 1160. The van der Waals surface area contributed by atoms with Crippen LogP contribution in [0.1, 0.15) is 12.1 Å². The molecule has 2 heterocycles. The minimum atomic E-state index is -1.18. The lowest BCUT2D eigenvalue weighted by atomic mass is 9.99. The summed E-state index contributed by atoms with van der Waals surface area (Å²) in [6, 6.07) is 14.9. The quantitative estimate of drug-likeness (QED) is 0.164. The molecule has 0 spiro atoms. The van der Waals surface area contributed by atoms with E-state index in [1.165, 1.54) is 0 Å². The zero-order valence-corrected chi connectivity index (χ0v) is 23.2. The number of rotatable bonds is 11. The van der Waals surface area contributed by atoms with E-state index in [0.717, 1.165) is 65.2 Å². The lowest BCUT2D eigenvalue weighted by Gasteiger charge is -2.16. The summed E-state index contributed by atoms with van der Waals surface area (Å²) in [7, 11) is 2.97. The van der Waals surface area contributed by atoms with Crippen molar-refractivity contribution in [1.29, 1.82) is 0 Å². The van der Waals surface area contributed by atoms with Crippen LogP contribution < -0.4 is 4.74 Å². The van der Waals surface area contributed by atoms with E-state index in [1.54, 1.807) is 0 Å². The highest BCUT2D eigenvalue weighted by Crippen LogP contribution is 2.48. The fourth-order valence-electron chi connectivity index (χ4n) is 4.06. The molecule has 0 saturated carbocycles. The summed E-state index contributed by atoms with van der Waals surface area (Å²) in [5.74, 6) is 1.53. The maximum atomic E-state index is 6.40. The Morgan fingerprint density at radius 1 is 1.00 bits per heavy atom. The van der Waals surface area contributed by atoms with Gasteiger partial charge in [0.1, 0.15) is 23.9 Å². The van der Waals surface area contributed by atoms with Crippen LogP contribution in [0, 0.1) is 0 Å². The Hall–Kier alpha value is -2.16. The van der Waals surface area contributed by atoms with Crippen LogP contribution in [-0.2, 0) is 22.8 Å². The lowest BCUT2D eigenvalue weighted by Crippen LogP contribution is -2.22. The summed E-state index contributed by atoms with van der Waals surface area (Å²) < 4.78 is 20.5. The van der Waals surface area contributed by atoms with Crippen LogP contribution in [0.15, 0.2) is 42.5 Å². The lowest BCUT2D eigenvalue weighted by molar-refractivity contribution is 0.0637. The van der Waals surface area contributed by atoms with Gasteiger partial charge in [-0.2, -0.15) is 5.10 Å². The predicted octanol–water partition coefficient (Wildman–Crippen LogP) is 6.76. The number of benzene rings is 2. The maximum absolute atomic E-state index is 6.40. The Morgan fingerprint density at radius 2 is 1.77 bits per heavy atom. The van der Waals surface area contributed by atoms with Gasteiger partial charge in [0, 0.05) is 43.0 Å². The van der Waals surface area contributed by atoms with Crippen molar-refractivity contribution in [1.82, 2.24) is 14.7 Å². The fraction of sp³-hybridized carbons (Fsp3) is 0.444. The second kappa shape index (κ2) is 11.3. The van der Waals surface area contributed by atoms with Gasteiger partial charge in [0.05, 0.1) is 12.3 Å². The molecule has 35 heavy (non-hydrogen) atoms. The first-order valence-electron chi connectivity index (χ1n) is 12.2.